The third kappa shape index (κ3) is 2.18. The van der Waals surface area contributed by atoms with Crippen molar-refractivity contribution in [1.82, 2.24) is 0 Å². The highest BCUT2D eigenvalue weighted by atomic mass is 16.6. The molecule has 0 N–H and O–H groups in total. The highest BCUT2D eigenvalue weighted by molar-refractivity contribution is 5.83. The van der Waals surface area contributed by atoms with Gasteiger partial charge < -0.3 is 14.2 Å². The third-order valence-electron chi connectivity index (χ3n) is 2.01. The molecule has 1 rings (SSSR count). The number of rotatable bonds is 4. The van der Waals surface area contributed by atoms with Crippen molar-refractivity contribution in [3.8, 4) is 0 Å². The van der Waals surface area contributed by atoms with Crippen LogP contribution in [0.1, 0.15) is 12.8 Å². The predicted octanol–water partition coefficient (Wildman–Crippen LogP) is -0.118. The summed E-state index contributed by atoms with van der Waals surface area (Å²) in [6.07, 6.45) is 0.498. The van der Waals surface area contributed by atoms with Gasteiger partial charge in [0.25, 0.3) is 0 Å². The minimum Gasteiger partial charge on any atom is -0.469 e. The van der Waals surface area contributed by atoms with Gasteiger partial charge in [0.2, 0.25) is 0 Å². The van der Waals surface area contributed by atoms with Gasteiger partial charge in [-0.3, -0.25) is 4.79 Å². The lowest BCUT2D eigenvalue weighted by Gasteiger charge is -2.07. The maximum atomic E-state index is 11.1. The van der Waals surface area contributed by atoms with Gasteiger partial charge in [0.15, 0.2) is 5.60 Å². The summed E-state index contributed by atoms with van der Waals surface area (Å²) in [6, 6.07) is 0. The van der Waals surface area contributed by atoms with Gasteiger partial charge in [0.1, 0.15) is 0 Å². The van der Waals surface area contributed by atoms with E-state index in [2.05, 4.69) is 9.47 Å². The van der Waals surface area contributed by atoms with Crippen molar-refractivity contribution in [2.75, 3.05) is 20.8 Å². The molecule has 74 valence electrons. The lowest BCUT2D eigenvalue weighted by atomic mass is 10.1. The largest absolute Gasteiger partial charge is 0.469 e. The number of hydrogen-bond donors (Lipinski definition) is 0. The fourth-order valence-electron chi connectivity index (χ4n) is 1.04. The van der Waals surface area contributed by atoms with E-state index in [4.69, 9.17) is 4.74 Å². The Labute approximate surface area is 76.0 Å². The molecule has 1 aliphatic rings. The molecule has 0 radical (unpaired) electrons. The topological polar surface area (TPSA) is 65.1 Å². The summed E-state index contributed by atoms with van der Waals surface area (Å²) in [4.78, 5) is 21.9. The molecule has 1 aliphatic heterocycles. The van der Waals surface area contributed by atoms with Crippen molar-refractivity contribution >= 4 is 11.9 Å². The Kier molecular flexibility index (Phi) is 2.87. The summed E-state index contributed by atoms with van der Waals surface area (Å²) < 4.78 is 13.9. The lowest BCUT2D eigenvalue weighted by Crippen LogP contribution is -2.27. The van der Waals surface area contributed by atoms with E-state index in [-0.39, 0.29) is 12.4 Å². The van der Waals surface area contributed by atoms with E-state index in [1.165, 1.54) is 14.2 Å². The molecule has 0 aromatic carbocycles. The van der Waals surface area contributed by atoms with Crippen molar-refractivity contribution in [3.05, 3.63) is 0 Å². The number of esters is 2. The minimum absolute atomic E-state index is 0.172. The Morgan fingerprint density at radius 2 is 2.00 bits per heavy atom. The molecule has 0 amide bonds. The number of ether oxygens (including phenoxy) is 3. The molecule has 5 heteroatoms. The Bertz CT molecular complexity index is 219. The van der Waals surface area contributed by atoms with Crippen molar-refractivity contribution < 1.29 is 23.8 Å². The number of carbonyl (C=O) groups excluding carboxylic acids is 2. The molecular weight excluding hydrogens is 176 g/mol. The molecule has 0 aromatic rings. The predicted molar refractivity (Wildman–Crippen MR) is 41.9 cm³/mol. The van der Waals surface area contributed by atoms with Crippen LogP contribution in [0.5, 0.6) is 0 Å². The monoisotopic (exact) mass is 188 g/mol. The summed E-state index contributed by atoms with van der Waals surface area (Å²) in [5.74, 6) is -0.768. The van der Waals surface area contributed by atoms with E-state index in [0.717, 1.165) is 0 Å². The standard InChI is InChI=1S/C8H12O5/c1-11-6(9)3-4-8(5-13-8)7(10)12-2/h3-5H2,1-2H3. The number of epoxide rings is 1. The van der Waals surface area contributed by atoms with Crippen LogP contribution in [0, 0.1) is 0 Å². The van der Waals surface area contributed by atoms with Crippen molar-refractivity contribution in [3.63, 3.8) is 0 Å². The molecule has 1 heterocycles. The first kappa shape index (κ1) is 9.98. The van der Waals surface area contributed by atoms with E-state index in [1.54, 1.807) is 0 Å². The Morgan fingerprint density at radius 1 is 1.38 bits per heavy atom. The summed E-state index contributed by atoms with van der Waals surface area (Å²) in [6.45, 7) is 0.330. The molecule has 0 aromatic heterocycles. The molecule has 0 aliphatic carbocycles. The Morgan fingerprint density at radius 3 is 2.38 bits per heavy atom. The zero-order valence-corrected chi connectivity index (χ0v) is 7.66. The average Bonchev–Trinajstić information content (AvgIpc) is 2.94. The van der Waals surface area contributed by atoms with E-state index in [1.807, 2.05) is 0 Å². The Balaban J connectivity index is 2.36. The third-order valence-corrected chi connectivity index (χ3v) is 2.01. The van der Waals surface area contributed by atoms with Gasteiger partial charge in [-0.05, 0) is 6.42 Å². The molecular formula is C8H12O5. The SMILES string of the molecule is COC(=O)CCC1(C(=O)OC)CO1. The normalized spacial score (nSPS) is 25.1. The van der Waals surface area contributed by atoms with Gasteiger partial charge in [0.05, 0.1) is 20.8 Å². The van der Waals surface area contributed by atoms with Crippen LogP contribution in [-0.2, 0) is 23.8 Å². The smallest absolute Gasteiger partial charge is 0.340 e. The highest BCUT2D eigenvalue weighted by Gasteiger charge is 2.53. The van der Waals surface area contributed by atoms with Crippen molar-refractivity contribution in [2.45, 2.75) is 18.4 Å². The van der Waals surface area contributed by atoms with Gasteiger partial charge in [-0.15, -0.1) is 0 Å². The van der Waals surface area contributed by atoms with Gasteiger partial charge >= 0.3 is 11.9 Å². The maximum Gasteiger partial charge on any atom is 0.340 e. The summed E-state index contributed by atoms with van der Waals surface area (Å²) in [5.41, 5.74) is -0.872. The molecule has 13 heavy (non-hydrogen) atoms. The van der Waals surface area contributed by atoms with Crippen LogP contribution in [0.15, 0.2) is 0 Å². The van der Waals surface area contributed by atoms with Gasteiger partial charge in [-0.1, -0.05) is 0 Å². The molecule has 1 saturated heterocycles. The Hall–Kier alpha value is -1.10. The summed E-state index contributed by atoms with van der Waals surface area (Å²) >= 11 is 0. The first-order valence-corrected chi connectivity index (χ1v) is 3.94. The molecule has 0 spiro atoms. The van der Waals surface area contributed by atoms with Crippen LogP contribution in [0.25, 0.3) is 0 Å². The number of carbonyl (C=O) groups is 2. The second kappa shape index (κ2) is 3.74. The van der Waals surface area contributed by atoms with E-state index in [9.17, 15) is 9.59 Å². The average molecular weight is 188 g/mol. The van der Waals surface area contributed by atoms with E-state index < -0.39 is 11.6 Å². The van der Waals surface area contributed by atoms with Crippen molar-refractivity contribution in [2.24, 2.45) is 0 Å². The quantitative estimate of drug-likeness (QED) is 0.454. The molecule has 0 bridgehead atoms. The van der Waals surface area contributed by atoms with Crippen LogP contribution in [0.4, 0.5) is 0 Å². The first-order chi connectivity index (χ1) is 6.14. The van der Waals surface area contributed by atoms with Gasteiger partial charge in [0, 0.05) is 6.42 Å². The minimum atomic E-state index is -0.872. The number of methoxy groups -OCH3 is 2. The van der Waals surface area contributed by atoms with Gasteiger partial charge in [-0.25, -0.2) is 4.79 Å². The van der Waals surface area contributed by atoms with Crippen LogP contribution >= 0.6 is 0 Å². The zero-order valence-electron chi connectivity index (χ0n) is 7.66. The molecule has 1 atom stereocenters. The zero-order chi connectivity index (χ0) is 9.90. The van der Waals surface area contributed by atoms with Crippen LogP contribution in [0.3, 0.4) is 0 Å². The fourth-order valence-corrected chi connectivity index (χ4v) is 1.04. The van der Waals surface area contributed by atoms with Crippen LogP contribution in [-0.4, -0.2) is 38.4 Å². The first-order valence-electron chi connectivity index (χ1n) is 3.94. The highest BCUT2D eigenvalue weighted by Crippen LogP contribution is 2.33. The molecule has 1 unspecified atom stereocenters. The molecule has 5 nitrogen and oxygen atoms in total. The van der Waals surface area contributed by atoms with Crippen LogP contribution < -0.4 is 0 Å². The second-order valence-corrected chi connectivity index (χ2v) is 2.85. The maximum absolute atomic E-state index is 11.1. The van der Waals surface area contributed by atoms with Crippen LogP contribution in [0.2, 0.25) is 0 Å². The second-order valence-electron chi connectivity index (χ2n) is 2.85. The van der Waals surface area contributed by atoms with E-state index in [0.29, 0.717) is 13.0 Å². The summed E-state index contributed by atoms with van der Waals surface area (Å²) in [5, 5.41) is 0. The van der Waals surface area contributed by atoms with Gasteiger partial charge in [-0.2, -0.15) is 0 Å². The summed E-state index contributed by atoms with van der Waals surface area (Å²) in [7, 11) is 2.60. The lowest BCUT2D eigenvalue weighted by molar-refractivity contribution is -0.148. The fraction of sp³-hybridized carbons (Fsp3) is 0.750. The molecule has 1 fully saturated rings. The van der Waals surface area contributed by atoms with Crippen molar-refractivity contribution in [1.29, 1.82) is 0 Å². The van der Waals surface area contributed by atoms with E-state index >= 15 is 0 Å². The molecule has 0 saturated carbocycles. The number of hydrogen-bond acceptors (Lipinski definition) is 5.